The van der Waals surface area contributed by atoms with Gasteiger partial charge in [-0.3, -0.25) is 9.78 Å². The Morgan fingerprint density at radius 3 is 2.18 bits per heavy atom. The second-order valence-corrected chi connectivity index (χ2v) is 8.02. The van der Waals surface area contributed by atoms with Crippen molar-refractivity contribution in [2.45, 2.75) is 38.7 Å². The molecule has 3 aromatic rings. The SMILES string of the molecule is Cc1ccc(C(=O)OCC2OC(n3ncc(=O)[nH]c3=O)CC2OC(=O)c2ccc(C)cc2)cc1. The third-order valence-corrected chi connectivity index (χ3v) is 5.40. The van der Waals surface area contributed by atoms with Gasteiger partial charge in [0.25, 0.3) is 5.56 Å². The molecule has 1 saturated heterocycles. The second-order valence-electron chi connectivity index (χ2n) is 8.02. The van der Waals surface area contributed by atoms with Crippen LogP contribution in [0.25, 0.3) is 0 Å². The smallest absolute Gasteiger partial charge is 0.347 e. The minimum Gasteiger partial charge on any atom is -0.459 e. The summed E-state index contributed by atoms with van der Waals surface area (Å²) < 4.78 is 17.9. The lowest BCUT2D eigenvalue weighted by molar-refractivity contribution is -0.0616. The number of aromatic nitrogens is 3. The van der Waals surface area contributed by atoms with E-state index in [1.54, 1.807) is 48.5 Å². The van der Waals surface area contributed by atoms with Crippen LogP contribution < -0.4 is 11.2 Å². The fraction of sp³-hybridized carbons (Fsp3) is 0.292. The summed E-state index contributed by atoms with van der Waals surface area (Å²) in [7, 11) is 0. The number of hydrogen-bond donors (Lipinski definition) is 1. The highest BCUT2D eigenvalue weighted by atomic mass is 16.6. The summed E-state index contributed by atoms with van der Waals surface area (Å²) >= 11 is 0. The summed E-state index contributed by atoms with van der Waals surface area (Å²) in [6.45, 7) is 3.59. The number of aryl methyl sites for hydroxylation is 2. The number of carbonyl (C=O) groups excluding carboxylic acids is 2. The van der Waals surface area contributed by atoms with Crippen LogP contribution in [0, 0.1) is 13.8 Å². The van der Waals surface area contributed by atoms with Gasteiger partial charge in [0.05, 0.1) is 11.1 Å². The fourth-order valence-electron chi connectivity index (χ4n) is 3.52. The molecule has 10 heteroatoms. The molecule has 1 fully saturated rings. The molecule has 0 saturated carbocycles. The van der Waals surface area contributed by atoms with E-state index in [4.69, 9.17) is 14.2 Å². The second kappa shape index (κ2) is 9.84. The predicted molar refractivity (Wildman–Crippen MR) is 119 cm³/mol. The van der Waals surface area contributed by atoms with Gasteiger partial charge in [-0.25, -0.2) is 14.4 Å². The largest absolute Gasteiger partial charge is 0.459 e. The average Bonchev–Trinajstić information content (AvgIpc) is 3.20. The van der Waals surface area contributed by atoms with E-state index in [0.717, 1.165) is 22.0 Å². The summed E-state index contributed by atoms with van der Waals surface area (Å²) in [6, 6.07) is 13.7. The van der Waals surface area contributed by atoms with E-state index in [2.05, 4.69) is 10.1 Å². The number of H-pyrrole nitrogens is 1. The molecular weight excluding hydrogens is 442 g/mol. The minimum absolute atomic E-state index is 0.0727. The van der Waals surface area contributed by atoms with Gasteiger partial charge in [0.15, 0.2) is 6.23 Å². The highest BCUT2D eigenvalue weighted by Gasteiger charge is 2.41. The Labute approximate surface area is 194 Å². The van der Waals surface area contributed by atoms with Crippen LogP contribution >= 0.6 is 0 Å². The van der Waals surface area contributed by atoms with Gasteiger partial charge in [0.1, 0.15) is 25.0 Å². The molecule has 176 valence electrons. The number of hydrogen-bond acceptors (Lipinski definition) is 8. The zero-order valence-corrected chi connectivity index (χ0v) is 18.6. The Morgan fingerprint density at radius 1 is 1.00 bits per heavy atom. The van der Waals surface area contributed by atoms with Gasteiger partial charge in [0.2, 0.25) is 0 Å². The average molecular weight is 465 g/mol. The quantitative estimate of drug-likeness (QED) is 0.547. The van der Waals surface area contributed by atoms with Crippen LogP contribution in [0.15, 0.2) is 64.3 Å². The number of nitrogens with one attached hydrogen (secondary N) is 1. The first-order valence-electron chi connectivity index (χ1n) is 10.7. The molecular formula is C24H23N3O7. The molecule has 3 unspecified atom stereocenters. The van der Waals surface area contributed by atoms with E-state index in [9.17, 15) is 19.2 Å². The normalized spacial score (nSPS) is 19.5. The van der Waals surface area contributed by atoms with Crippen LogP contribution in [0.3, 0.4) is 0 Å². The number of esters is 2. The molecule has 1 aliphatic rings. The van der Waals surface area contributed by atoms with Crippen molar-refractivity contribution in [1.82, 2.24) is 14.8 Å². The lowest BCUT2D eigenvalue weighted by Gasteiger charge is -2.19. The minimum atomic E-state index is -0.928. The Bertz CT molecular complexity index is 1300. The van der Waals surface area contributed by atoms with E-state index in [1.165, 1.54) is 0 Å². The van der Waals surface area contributed by atoms with Crippen molar-refractivity contribution in [2.24, 2.45) is 0 Å². The molecule has 2 aromatic carbocycles. The van der Waals surface area contributed by atoms with Crippen molar-refractivity contribution >= 4 is 11.9 Å². The lowest BCUT2D eigenvalue weighted by atomic mass is 10.1. The summed E-state index contributed by atoms with van der Waals surface area (Å²) in [5, 5.41) is 3.81. The molecule has 1 aromatic heterocycles. The maximum absolute atomic E-state index is 12.7. The van der Waals surface area contributed by atoms with Crippen LogP contribution in [-0.2, 0) is 14.2 Å². The summed E-state index contributed by atoms with van der Waals surface area (Å²) in [5.74, 6) is -1.14. The first-order chi connectivity index (χ1) is 16.3. The standard InChI is InChI=1S/C24H23N3O7/c1-14-3-7-16(8-4-14)22(29)32-13-19-18(34-23(30)17-9-5-15(2)6-10-17)11-21(33-19)27-24(31)26-20(28)12-25-27/h3-10,12,18-19,21H,11,13H2,1-2H3,(H,26,28,31). The van der Waals surface area contributed by atoms with Gasteiger partial charge in [0, 0.05) is 6.42 Å². The Morgan fingerprint density at radius 2 is 1.59 bits per heavy atom. The lowest BCUT2D eigenvalue weighted by Crippen LogP contribution is -2.34. The number of benzene rings is 2. The van der Waals surface area contributed by atoms with Crippen LogP contribution in [-0.4, -0.2) is 45.5 Å². The Kier molecular flexibility index (Phi) is 6.69. The highest BCUT2D eigenvalue weighted by molar-refractivity contribution is 5.90. The van der Waals surface area contributed by atoms with E-state index in [0.29, 0.717) is 11.1 Å². The number of rotatable bonds is 6. The van der Waals surface area contributed by atoms with E-state index >= 15 is 0 Å². The van der Waals surface area contributed by atoms with Crippen LogP contribution in [0.5, 0.6) is 0 Å². The van der Waals surface area contributed by atoms with Crippen molar-refractivity contribution in [3.63, 3.8) is 0 Å². The molecule has 10 nitrogen and oxygen atoms in total. The van der Waals surface area contributed by atoms with Crippen molar-refractivity contribution in [2.75, 3.05) is 6.61 Å². The number of ether oxygens (including phenoxy) is 3. The molecule has 34 heavy (non-hydrogen) atoms. The van der Waals surface area contributed by atoms with Crippen molar-refractivity contribution in [3.8, 4) is 0 Å². The zero-order valence-electron chi connectivity index (χ0n) is 18.6. The van der Waals surface area contributed by atoms with Crippen molar-refractivity contribution in [1.29, 1.82) is 0 Å². The number of carbonyl (C=O) groups is 2. The highest BCUT2D eigenvalue weighted by Crippen LogP contribution is 2.30. The molecule has 0 aliphatic carbocycles. The van der Waals surface area contributed by atoms with Gasteiger partial charge in [-0.1, -0.05) is 35.4 Å². The molecule has 1 N–H and O–H groups in total. The topological polar surface area (TPSA) is 130 Å². The van der Waals surface area contributed by atoms with E-state index in [-0.39, 0.29) is 13.0 Å². The maximum atomic E-state index is 12.7. The zero-order chi connectivity index (χ0) is 24.2. The maximum Gasteiger partial charge on any atom is 0.347 e. The van der Waals surface area contributed by atoms with Gasteiger partial charge >= 0.3 is 17.6 Å². The van der Waals surface area contributed by atoms with Gasteiger partial charge < -0.3 is 14.2 Å². The van der Waals surface area contributed by atoms with Gasteiger partial charge in [-0.05, 0) is 38.1 Å². The molecule has 2 heterocycles. The summed E-state index contributed by atoms with van der Waals surface area (Å²) in [5.41, 5.74) is 1.30. The van der Waals surface area contributed by atoms with Crippen molar-refractivity contribution < 1.29 is 23.8 Å². The summed E-state index contributed by atoms with van der Waals surface area (Å²) in [6.07, 6.45) is -1.59. The monoisotopic (exact) mass is 465 g/mol. The molecule has 0 spiro atoms. The molecule has 3 atom stereocenters. The number of nitrogens with zero attached hydrogens (tertiary/aromatic N) is 2. The molecule has 0 amide bonds. The third-order valence-electron chi connectivity index (χ3n) is 5.40. The fourth-order valence-corrected chi connectivity index (χ4v) is 3.52. The number of aromatic amines is 1. The van der Waals surface area contributed by atoms with Crippen LogP contribution in [0.1, 0.15) is 44.5 Å². The Balaban J connectivity index is 1.51. The molecule has 0 radical (unpaired) electrons. The summed E-state index contributed by atoms with van der Waals surface area (Å²) in [4.78, 5) is 50.8. The first kappa shape index (κ1) is 23.1. The van der Waals surface area contributed by atoms with Crippen molar-refractivity contribution in [3.05, 3.63) is 97.8 Å². The van der Waals surface area contributed by atoms with Crippen LogP contribution in [0.4, 0.5) is 0 Å². The van der Waals surface area contributed by atoms with Crippen LogP contribution in [0.2, 0.25) is 0 Å². The molecule has 1 aliphatic heterocycles. The predicted octanol–water partition coefficient (Wildman–Crippen LogP) is 1.92. The van der Waals surface area contributed by atoms with E-state index in [1.807, 2.05) is 13.8 Å². The van der Waals surface area contributed by atoms with E-state index < -0.39 is 41.6 Å². The molecule has 0 bridgehead atoms. The van der Waals surface area contributed by atoms with Gasteiger partial charge in [-0.15, -0.1) is 0 Å². The third kappa shape index (κ3) is 5.29. The first-order valence-corrected chi connectivity index (χ1v) is 10.7. The van der Waals surface area contributed by atoms with Gasteiger partial charge in [-0.2, -0.15) is 9.78 Å². The molecule has 4 rings (SSSR count). The Hall–Kier alpha value is -4.05.